The lowest BCUT2D eigenvalue weighted by Gasteiger charge is -2.08. The van der Waals surface area contributed by atoms with Crippen LogP contribution in [0.2, 0.25) is 5.02 Å². The number of nitrogens with zero attached hydrogens (tertiary/aromatic N) is 2. The van der Waals surface area contributed by atoms with Crippen molar-refractivity contribution in [3.63, 3.8) is 0 Å². The first-order valence-corrected chi connectivity index (χ1v) is 8.26. The summed E-state index contributed by atoms with van der Waals surface area (Å²) in [6, 6.07) is 2.19. The number of hydrogen-bond donors (Lipinski definition) is 2. The summed E-state index contributed by atoms with van der Waals surface area (Å²) < 4.78 is 30.2. The molecule has 7 nitrogen and oxygen atoms in total. The van der Waals surface area contributed by atoms with E-state index in [1.54, 1.807) is 0 Å². The summed E-state index contributed by atoms with van der Waals surface area (Å²) in [5.74, 6) is -1.33. The van der Waals surface area contributed by atoms with Gasteiger partial charge in [-0.3, -0.25) is 4.72 Å². The zero-order chi connectivity index (χ0) is 14.9. The summed E-state index contributed by atoms with van der Waals surface area (Å²) in [5.41, 5.74) is -0.316. The van der Waals surface area contributed by atoms with Crippen LogP contribution in [0.4, 0.5) is 5.00 Å². The van der Waals surface area contributed by atoms with Crippen LogP contribution in [0.15, 0.2) is 27.7 Å². The molecule has 1 aromatic carbocycles. The average molecular weight is 399 g/mol. The Bertz CT molecular complexity index is 764. The number of carboxylic acid groups (broad SMARTS) is 1. The van der Waals surface area contributed by atoms with Crippen molar-refractivity contribution in [1.82, 2.24) is 9.59 Å². The molecule has 0 radical (unpaired) electrons. The van der Waals surface area contributed by atoms with Gasteiger partial charge >= 0.3 is 5.97 Å². The van der Waals surface area contributed by atoms with Gasteiger partial charge in [0.05, 0.1) is 21.7 Å². The van der Waals surface area contributed by atoms with Crippen LogP contribution in [-0.2, 0) is 10.0 Å². The lowest BCUT2D eigenvalue weighted by atomic mass is 10.2. The predicted molar refractivity (Wildman–Crippen MR) is 76.8 cm³/mol. The Morgan fingerprint density at radius 2 is 2.15 bits per heavy atom. The largest absolute Gasteiger partial charge is 0.478 e. The van der Waals surface area contributed by atoms with E-state index in [4.69, 9.17) is 16.7 Å². The molecule has 0 aliphatic carbocycles. The van der Waals surface area contributed by atoms with Crippen molar-refractivity contribution < 1.29 is 18.3 Å². The molecule has 11 heteroatoms. The topological polar surface area (TPSA) is 109 Å². The van der Waals surface area contributed by atoms with E-state index in [1.165, 1.54) is 12.3 Å². The minimum absolute atomic E-state index is 0.0732. The van der Waals surface area contributed by atoms with Crippen molar-refractivity contribution >= 4 is 60.1 Å². The number of aromatic carboxylic acids is 1. The maximum absolute atomic E-state index is 12.1. The third-order valence-electron chi connectivity index (χ3n) is 2.14. The molecule has 2 N–H and O–H groups in total. The second-order valence-corrected chi connectivity index (χ2v) is 7.16. The van der Waals surface area contributed by atoms with Crippen molar-refractivity contribution in [2.24, 2.45) is 0 Å². The minimum atomic E-state index is -3.95. The number of hydrogen-bond acceptors (Lipinski definition) is 6. The Balaban J connectivity index is 2.49. The summed E-state index contributed by atoms with van der Waals surface area (Å²) in [4.78, 5) is 10.8. The third-order valence-corrected chi connectivity index (χ3v) is 5.45. The summed E-state index contributed by atoms with van der Waals surface area (Å²) in [7, 11) is -3.95. The SMILES string of the molecule is O=C(O)c1cc(S(=O)(=O)Nc2cnns2)cc(Br)c1Cl. The number of carbonyl (C=O) groups is 1. The molecule has 1 aromatic heterocycles. The number of sulfonamides is 1. The molecule has 0 spiro atoms. The fourth-order valence-electron chi connectivity index (χ4n) is 1.28. The maximum Gasteiger partial charge on any atom is 0.337 e. The average Bonchev–Trinajstić information content (AvgIpc) is 2.83. The van der Waals surface area contributed by atoms with Gasteiger partial charge in [-0.2, -0.15) is 0 Å². The Kier molecular flexibility index (Phi) is 4.28. The van der Waals surface area contributed by atoms with E-state index >= 15 is 0 Å². The van der Waals surface area contributed by atoms with E-state index in [9.17, 15) is 13.2 Å². The Morgan fingerprint density at radius 3 is 2.70 bits per heavy atom. The minimum Gasteiger partial charge on any atom is -0.478 e. The summed E-state index contributed by atoms with van der Waals surface area (Å²) in [5, 5.41) is 12.6. The number of benzene rings is 1. The van der Waals surface area contributed by atoms with Gasteiger partial charge in [-0.15, -0.1) is 5.10 Å². The van der Waals surface area contributed by atoms with E-state index in [0.29, 0.717) is 0 Å². The number of anilines is 1. The predicted octanol–water partition coefficient (Wildman–Crippen LogP) is 2.45. The van der Waals surface area contributed by atoms with E-state index in [0.717, 1.165) is 17.6 Å². The van der Waals surface area contributed by atoms with Gasteiger partial charge in [0.1, 0.15) is 5.00 Å². The van der Waals surface area contributed by atoms with Gasteiger partial charge in [0.15, 0.2) is 0 Å². The van der Waals surface area contributed by atoms with Gasteiger partial charge in [-0.1, -0.05) is 16.1 Å². The number of rotatable bonds is 4. The molecule has 0 bridgehead atoms. The van der Waals surface area contributed by atoms with Crippen LogP contribution in [0.5, 0.6) is 0 Å². The Morgan fingerprint density at radius 1 is 1.45 bits per heavy atom. The first kappa shape index (κ1) is 15.2. The first-order chi connectivity index (χ1) is 9.31. The van der Waals surface area contributed by atoms with Gasteiger partial charge in [-0.05, 0) is 28.1 Å². The Hall–Kier alpha value is -1.23. The van der Waals surface area contributed by atoms with Crippen molar-refractivity contribution in [1.29, 1.82) is 0 Å². The van der Waals surface area contributed by atoms with Crippen molar-refractivity contribution in [3.8, 4) is 0 Å². The zero-order valence-electron chi connectivity index (χ0n) is 9.37. The van der Waals surface area contributed by atoms with Crippen LogP contribution in [0.25, 0.3) is 0 Å². The quantitative estimate of drug-likeness (QED) is 0.818. The molecule has 2 aromatic rings. The molecule has 0 aliphatic rings. The summed E-state index contributed by atoms with van der Waals surface area (Å²) >= 11 is 9.67. The molecular formula is C9H5BrClN3O4S2. The van der Waals surface area contributed by atoms with E-state index in [2.05, 4.69) is 30.2 Å². The monoisotopic (exact) mass is 397 g/mol. The van der Waals surface area contributed by atoms with Gasteiger partial charge < -0.3 is 5.11 Å². The molecule has 20 heavy (non-hydrogen) atoms. The van der Waals surface area contributed by atoms with Crippen LogP contribution in [-0.4, -0.2) is 29.1 Å². The standard InChI is InChI=1S/C9H5BrClN3O4S2/c10-6-2-4(1-5(8(6)11)9(15)16)20(17,18)13-7-3-12-14-19-7/h1-3,13H,(H,15,16). The molecular weight excluding hydrogens is 394 g/mol. The summed E-state index contributed by atoms with van der Waals surface area (Å²) in [6.07, 6.45) is 1.24. The van der Waals surface area contributed by atoms with Crippen LogP contribution in [0.1, 0.15) is 10.4 Å². The van der Waals surface area contributed by atoms with Crippen molar-refractivity contribution in [2.75, 3.05) is 4.72 Å². The summed E-state index contributed by atoms with van der Waals surface area (Å²) in [6.45, 7) is 0. The molecule has 1 heterocycles. The third kappa shape index (κ3) is 3.08. The van der Waals surface area contributed by atoms with E-state index in [1.807, 2.05) is 0 Å². The van der Waals surface area contributed by atoms with Crippen LogP contribution in [0, 0.1) is 0 Å². The molecule has 0 saturated heterocycles. The highest BCUT2D eigenvalue weighted by molar-refractivity contribution is 9.10. The van der Waals surface area contributed by atoms with E-state index in [-0.39, 0.29) is 25.0 Å². The molecule has 0 unspecified atom stereocenters. The molecule has 0 atom stereocenters. The highest BCUT2D eigenvalue weighted by Crippen LogP contribution is 2.30. The maximum atomic E-state index is 12.1. The van der Waals surface area contributed by atoms with Crippen molar-refractivity contribution in [2.45, 2.75) is 4.90 Å². The second kappa shape index (κ2) is 5.64. The van der Waals surface area contributed by atoms with Gasteiger partial charge in [0.25, 0.3) is 10.0 Å². The Labute approximate surface area is 130 Å². The fourth-order valence-corrected chi connectivity index (χ4v) is 3.82. The molecule has 0 fully saturated rings. The van der Waals surface area contributed by atoms with Crippen LogP contribution >= 0.6 is 39.1 Å². The number of nitrogens with one attached hydrogen (secondary N) is 1. The lowest BCUT2D eigenvalue weighted by Crippen LogP contribution is -2.13. The lowest BCUT2D eigenvalue weighted by molar-refractivity contribution is 0.0696. The van der Waals surface area contributed by atoms with Crippen molar-refractivity contribution in [3.05, 3.63) is 33.4 Å². The smallest absolute Gasteiger partial charge is 0.337 e. The second-order valence-electron chi connectivity index (χ2n) is 3.46. The number of halogens is 2. The van der Waals surface area contributed by atoms with Gasteiger partial charge in [0.2, 0.25) is 0 Å². The number of carboxylic acids is 1. The van der Waals surface area contributed by atoms with Gasteiger partial charge in [-0.25, -0.2) is 13.2 Å². The van der Waals surface area contributed by atoms with Gasteiger partial charge in [0, 0.05) is 16.0 Å². The number of aromatic nitrogens is 2. The normalized spacial score (nSPS) is 11.3. The highest BCUT2D eigenvalue weighted by Gasteiger charge is 2.21. The molecule has 2 rings (SSSR count). The molecule has 0 aliphatic heterocycles. The fraction of sp³-hybridized carbons (Fsp3) is 0. The molecule has 106 valence electrons. The zero-order valence-corrected chi connectivity index (χ0v) is 13.3. The van der Waals surface area contributed by atoms with Crippen LogP contribution < -0.4 is 4.72 Å². The highest BCUT2D eigenvalue weighted by atomic mass is 79.9. The van der Waals surface area contributed by atoms with E-state index < -0.39 is 16.0 Å². The molecule has 0 saturated carbocycles. The molecule has 0 amide bonds. The first-order valence-electron chi connectivity index (χ1n) is 4.84. The van der Waals surface area contributed by atoms with Crippen LogP contribution in [0.3, 0.4) is 0 Å².